The highest BCUT2D eigenvalue weighted by Gasteiger charge is 2.41. The molecule has 1 amide bonds. The van der Waals surface area contributed by atoms with Gasteiger partial charge in [0.2, 0.25) is 12.1 Å². The van der Waals surface area contributed by atoms with Gasteiger partial charge in [-0.2, -0.15) is 8.78 Å². The lowest BCUT2D eigenvalue weighted by Crippen LogP contribution is -2.56. The van der Waals surface area contributed by atoms with Crippen molar-refractivity contribution in [3.05, 3.63) is 65.0 Å². The van der Waals surface area contributed by atoms with Gasteiger partial charge in [0.05, 0.1) is 25.6 Å². The molecule has 1 N–H and O–H groups in total. The molecule has 33 heavy (non-hydrogen) atoms. The smallest absolute Gasteiger partial charge is 0.314 e. The van der Waals surface area contributed by atoms with E-state index in [0.717, 1.165) is 5.56 Å². The molecule has 176 valence electrons. The summed E-state index contributed by atoms with van der Waals surface area (Å²) in [5.74, 6) is -1.86. The van der Waals surface area contributed by atoms with Crippen molar-refractivity contribution in [1.29, 1.82) is 0 Å². The molecular weight excluding hydrogens is 457 g/mol. The maximum Gasteiger partial charge on any atom is 0.314 e. The van der Waals surface area contributed by atoms with E-state index in [2.05, 4.69) is 10.5 Å². The molecule has 0 saturated carbocycles. The second kappa shape index (κ2) is 9.62. The number of alkyl halides is 2. The first-order valence-electron chi connectivity index (χ1n) is 10.3. The third-order valence-corrected chi connectivity index (χ3v) is 6.59. The molecule has 0 spiro atoms. The van der Waals surface area contributed by atoms with E-state index in [1.165, 1.54) is 17.0 Å². The Morgan fingerprint density at radius 1 is 1.33 bits per heavy atom. The molecule has 2 heterocycles. The van der Waals surface area contributed by atoms with Crippen molar-refractivity contribution in [2.75, 3.05) is 24.2 Å². The summed E-state index contributed by atoms with van der Waals surface area (Å²) in [6.45, 7) is 2.64. The van der Waals surface area contributed by atoms with Gasteiger partial charge >= 0.3 is 6.43 Å². The second-order valence-corrected chi connectivity index (χ2v) is 9.32. The molecule has 2 aliphatic heterocycles. The minimum Gasteiger partial charge on any atom is -0.598 e. The van der Waals surface area contributed by atoms with Crippen LogP contribution in [0.1, 0.15) is 22.9 Å². The van der Waals surface area contributed by atoms with E-state index < -0.39 is 35.7 Å². The minimum absolute atomic E-state index is 0.0160. The van der Waals surface area contributed by atoms with Gasteiger partial charge in [-0.05, 0) is 30.7 Å². The van der Waals surface area contributed by atoms with Crippen LogP contribution in [0.2, 0.25) is 0 Å². The van der Waals surface area contributed by atoms with E-state index in [1.807, 2.05) is 25.1 Å². The van der Waals surface area contributed by atoms with Gasteiger partial charge in [-0.15, -0.1) is 9.41 Å². The number of hydrazone groups is 1. The number of nitrogens with one attached hydrogen (secondary N) is 1. The fourth-order valence-electron chi connectivity index (χ4n) is 3.68. The first kappa shape index (κ1) is 23.4. The number of halogens is 3. The lowest BCUT2D eigenvalue weighted by atomic mass is 10.00. The Balaban J connectivity index is 1.53. The molecule has 1 fully saturated rings. The molecule has 1 saturated heterocycles. The average Bonchev–Trinajstić information content (AvgIpc) is 3.22. The fraction of sp³-hybridized carbons (Fsp3) is 0.364. The fourth-order valence-corrected chi connectivity index (χ4v) is 4.46. The first-order valence-corrected chi connectivity index (χ1v) is 11.8. The third kappa shape index (κ3) is 5.10. The Morgan fingerprint density at radius 2 is 2.09 bits per heavy atom. The highest BCUT2D eigenvalue weighted by atomic mass is 32.2. The molecule has 4 rings (SSSR count). The zero-order valence-electron chi connectivity index (χ0n) is 18.0. The topological polar surface area (TPSA) is 80.2 Å². The van der Waals surface area contributed by atoms with Crippen molar-refractivity contribution in [1.82, 2.24) is 9.73 Å². The molecule has 0 aliphatic carbocycles. The van der Waals surface area contributed by atoms with Crippen LogP contribution in [0.25, 0.3) is 0 Å². The highest BCUT2D eigenvalue weighted by Crippen LogP contribution is 2.28. The van der Waals surface area contributed by atoms with Crippen LogP contribution in [0.5, 0.6) is 0 Å². The molecule has 0 bridgehead atoms. The normalized spacial score (nSPS) is 19.5. The monoisotopic (exact) mass is 480 g/mol. The Hall–Kier alpha value is -2.76. The molecule has 2 aromatic rings. The Kier molecular flexibility index (Phi) is 6.82. The number of amides is 1. The molecule has 2 unspecified atom stereocenters. The van der Waals surface area contributed by atoms with Crippen molar-refractivity contribution in [2.45, 2.75) is 26.1 Å². The van der Waals surface area contributed by atoms with Crippen molar-refractivity contribution in [2.24, 2.45) is 11.0 Å². The minimum atomic E-state index is -2.87. The van der Waals surface area contributed by atoms with E-state index >= 15 is 0 Å². The van der Waals surface area contributed by atoms with Crippen molar-refractivity contribution < 1.29 is 27.3 Å². The largest absolute Gasteiger partial charge is 0.598 e. The zero-order chi connectivity index (χ0) is 23.7. The van der Waals surface area contributed by atoms with Gasteiger partial charge in [0.1, 0.15) is 12.1 Å². The number of rotatable bonds is 7. The van der Waals surface area contributed by atoms with Crippen LogP contribution < -0.4 is 10.3 Å². The Bertz CT molecular complexity index is 1060. The second-order valence-electron chi connectivity index (χ2n) is 7.96. The lowest BCUT2D eigenvalue weighted by molar-refractivity contribution is -0.125. The van der Waals surface area contributed by atoms with Crippen molar-refractivity contribution >= 4 is 28.9 Å². The van der Waals surface area contributed by atoms with Gasteiger partial charge in [0.25, 0.3) is 5.90 Å². The molecule has 11 heteroatoms. The van der Waals surface area contributed by atoms with Crippen LogP contribution in [0.15, 0.2) is 47.6 Å². The summed E-state index contributed by atoms with van der Waals surface area (Å²) < 4.78 is 58.7. The highest BCUT2D eigenvalue weighted by molar-refractivity contribution is 7.88. The van der Waals surface area contributed by atoms with E-state index in [1.54, 1.807) is 22.7 Å². The number of carbonyl (C=O) groups excluding carboxylic acids is 1. The Morgan fingerprint density at radius 3 is 2.70 bits per heavy atom. The molecule has 2 atom stereocenters. The van der Waals surface area contributed by atoms with Gasteiger partial charge in [0, 0.05) is 28.2 Å². The van der Waals surface area contributed by atoms with Gasteiger partial charge in [-0.3, -0.25) is 10.2 Å². The average molecular weight is 481 g/mol. The van der Waals surface area contributed by atoms with Gasteiger partial charge in [-0.25, -0.2) is 4.39 Å². The van der Waals surface area contributed by atoms with E-state index in [-0.39, 0.29) is 23.9 Å². The summed E-state index contributed by atoms with van der Waals surface area (Å²) in [7, 11) is 0. The van der Waals surface area contributed by atoms with Crippen molar-refractivity contribution in [3.8, 4) is 0 Å². The maximum absolute atomic E-state index is 15.0. The summed E-state index contributed by atoms with van der Waals surface area (Å²) in [6, 6.07) is 11.6. The van der Waals surface area contributed by atoms with E-state index in [0.29, 0.717) is 24.3 Å². The zero-order valence-corrected chi connectivity index (χ0v) is 18.8. The van der Waals surface area contributed by atoms with E-state index in [9.17, 15) is 22.5 Å². The first-order chi connectivity index (χ1) is 15.7. The number of anilines is 1. The number of nitrogens with zero attached hydrogens (tertiary/aromatic N) is 3. The SMILES string of the molecule is Cc1cccc(N(Cc2ccc(C3NN=C(C(F)F)O3)cc2F)C(=O)C2CN([S+](C)[O-])C2)c1. The number of hydrogen-bond donors (Lipinski definition) is 1. The molecule has 7 nitrogen and oxygen atoms in total. The molecule has 0 radical (unpaired) electrons. The Labute approximate surface area is 192 Å². The lowest BCUT2D eigenvalue weighted by Gasteiger charge is -2.38. The summed E-state index contributed by atoms with van der Waals surface area (Å²) in [6.07, 6.45) is -2.32. The van der Waals surface area contributed by atoms with Gasteiger partial charge < -0.3 is 14.2 Å². The number of benzene rings is 2. The van der Waals surface area contributed by atoms with Crippen LogP contribution >= 0.6 is 0 Å². The van der Waals surface area contributed by atoms with Crippen LogP contribution in [0.4, 0.5) is 18.9 Å². The molecule has 0 aromatic heterocycles. The number of aryl methyl sites for hydroxylation is 1. The standard InChI is InChI=1S/C22H23F3N4O3S/c1-13-4-3-5-17(8-13)29(22(30)16-10-28(11-16)33(2)31)12-15-7-6-14(9-18(15)23)20-26-27-21(32-20)19(24)25/h3-9,16,19-20,26H,10-12H2,1-2H3. The van der Waals surface area contributed by atoms with Crippen LogP contribution in [-0.2, 0) is 27.4 Å². The predicted octanol–water partition coefficient (Wildman–Crippen LogP) is 3.09. The van der Waals surface area contributed by atoms with Gasteiger partial charge in [-0.1, -0.05) is 24.3 Å². The summed E-state index contributed by atoms with van der Waals surface area (Å²) >= 11 is -1.14. The van der Waals surface area contributed by atoms with Crippen LogP contribution in [-0.4, -0.2) is 46.4 Å². The summed E-state index contributed by atoms with van der Waals surface area (Å²) in [4.78, 5) is 14.8. The number of carbonyl (C=O) groups is 1. The van der Waals surface area contributed by atoms with Gasteiger partial charge in [0.15, 0.2) is 0 Å². The van der Waals surface area contributed by atoms with E-state index in [4.69, 9.17) is 4.74 Å². The number of hydrogen-bond acceptors (Lipinski definition) is 6. The predicted molar refractivity (Wildman–Crippen MR) is 118 cm³/mol. The molecular formula is C22H23F3N4O3S. The van der Waals surface area contributed by atoms with Crippen LogP contribution in [0.3, 0.4) is 0 Å². The quantitative estimate of drug-likeness (QED) is 0.616. The van der Waals surface area contributed by atoms with Crippen molar-refractivity contribution in [3.63, 3.8) is 0 Å². The molecule has 2 aliphatic rings. The maximum atomic E-state index is 15.0. The summed E-state index contributed by atoms with van der Waals surface area (Å²) in [5.41, 5.74) is 4.55. The van der Waals surface area contributed by atoms with Crippen LogP contribution in [0, 0.1) is 18.7 Å². The third-order valence-electron chi connectivity index (χ3n) is 5.57. The summed E-state index contributed by atoms with van der Waals surface area (Å²) in [5, 5.41) is 3.41. The number of ether oxygens (including phenoxy) is 1. The molecule has 2 aromatic carbocycles.